The van der Waals surface area contributed by atoms with E-state index < -0.39 is 0 Å². The molecule has 0 aliphatic heterocycles. The minimum Gasteiger partial charge on any atom is -0.388 e. The number of fused-ring (bicyclic) bond motifs is 1. The molecule has 2 nitrogen and oxygen atoms in total. The van der Waals surface area contributed by atoms with Gasteiger partial charge < -0.3 is 5.11 Å². The highest BCUT2D eigenvalue weighted by Gasteiger charge is 2.19. The zero-order valence-electron chi connectivity index (χ0n) is 6.54. The second kappa shape index (κ2) is 2.31. The molecule has 0 fully saturated rings. The predicted molar refractivity (Wildman–Crippen MR) is 42.3 cm³/mol. The Morgan fingerprint density at radius 2 is 2.45 bits per heavy atom. The largest absolute Gasteiger partial charge is 0.388 e. The molecule has 58 valence electrons. The normalized spacial score (nSPS) is 21.8. The van der Waals surface area contributed by atoms with Crippen molar-refractivity contribution < 1.29 is 5.11 Å². The van der Waals surface area contributed by atoms with Gasteiger partial charge in [0.05, 0.1) is 6.10 Å². The van der Waals surface area contributed by atoms with Crippen molar-refractivity contribution in [1.82, 2.24) is 4.98 Å². The van der Waals surface area contributed by atoms with Crippen LogP contribution in [0.1, 0.15) is 29.3 Å². The van der Waals surface area contributed by atoms with Gasteiger partial charge in [0.2, 0.25) is 0 Å². The summed E-state index contributed by atoms with van der Waals surface area (Å²) >= 11 is 0. The number of nitrogens with zero attached hydrogens (tertiary/aromatic N) is 1. The van der Waals surface area contributed by atoms with E-state index in [2.05, 4.69) is 4.98 Å². The first kappa shape index (κ1) is 6.80. The van der Waals surface area contributed by atoms with E-state index in [0.29, 0.717) is 0 Å². The second-order valence-corrected chi connectivity index (χ2v) is 3.08. The third kappa shape index (κ3) is 1.03. The number of aromatic nitrogens is 1. The highest BCUT2D eigenvalue weighted by Crippen LogP contribution is 2.30. The molecule has 1 aromatic heterocycles. The number of aliphatic hydroxyl groups excluding tert-OH is 1. The van der Waals surface area contributed by atoms with Crippen LogP contribution in [0.2, 0.25) is 0 Å². The van der Waals surface area contributed by atoms with Gasteiger partial charge >= 0.3 is 0 Å². The van der Waals surface area contributed by atoms with Gasteiger partial charge in [-0.1, -0.05) is 0 Å². The lowest BCUT2D eigenvalue weighted by atomic mass is 10.1. The van der Waals surface area contributed by atoms with Crippen LogP contribution in [-0.4, -0.2) is 10.1 Å². The van der Waals surface area contributed by atoms with E-state index in [4.69, 9.17) is 0 Å². The summed E-state index contributed by atoms with van der Waals surface area (Å²) in [6.45, 7) is 1.95. The lowest BCUT2D eigenvalue weighted by molar-refractivity contribution is 0.180. The van der Waals surface area contributed by atoms with Gasteiger partial charge in [0, 0.05) is 11.9 Å². The summed E-state index contributed by atoms with van der Waals surface area (Å²) in [6.07, 6.45) is 3.47. The first-order valence-electron chi connectivity index (χ1n) is 3.91. The van der Waals surface area contributed by atoms with E-state index in [1.807, 2.05) is 19.2 Å². The molecule has 1 atom stereocenters. The molecule has 0 bridgehead atoms. The van der Waals surface area contributed by atoms with Crippen LogP contribution in [0, 0.1) is 6.92 Å². The first-order valence-corrected chi connectivity index (χ1v) is 3.91. The van der Waals surface area contributed by atoms with Crippen LogP contribution in [0.3, 0.4) is 0 Å². The van der Waals surface area contributed by atoms with Crippen LogP contribution in [0.25, 0.3) is 0 Å². The summed E-state index contributed by atoms with van der Waals surface area (Å²) in [5.41, 5.74) is 3.28. The minimum atomic E-state index is -0.244. The molecule has 11 heavy (non-hydrogen) atoms. The fourth-order valence-corrected chi connectivity index (χ4v) is 1.58. The van der Waals surface area contributed by atoms with Crippen LogP contribution in [0.5, 0.6) is 0 Å². The van der Waals surface area contributed by atoms with Crippen LogP contribution < -0.4 is 0 Å². The average molecular weight is 149 g/mol. The van der Waals surface area contributed by atoms with Gasteiger partial charge in [-0.15, -0.1) is 0 Å². The third-order valence-corrected chi connectivity index (χ3v) is 2.21. The molecule has 0 amide bonds. The lowest BCUT2D eigenvalue weighted by Gasteiger charge is -2.02. The van der Waals surface area contributed by atoms with Crippen molar-refractivity contribution >= 4 is 0 Å². The summed E-state index contributed by atoms with van der Waals surface area (Å²) in [6, 6.07) is 1.98. The first-order chi connectivity index (χ1) is 5.27. The van der Waals surface area contributed by atoms with Crippen molar-refractivity contribution in [1.29, 1.82) is 0 Å². The van der Waals surface area contributed by atoms with E-state index >= 15 is 0 Å². The van der Waals surface area contributed by atoms with Crippen LogP contribution in [0.15, 0.2) is 12.3 Å². The standard InChI is InChI=1S/C9H11NO/c1-6-4-8-7(5-10-6)2-3-9(8)11/h4-5,9,11H,2-3H2,1H3. The van der Waals surface area contributed by atoms with Crippen LogP contribution >= 0.6 is 0 Å². The van der Waals surface area contributed by atoms with Crippen molar-refractivity contribution in [2.24, 2.45) is 0 Å². The van der Waals surface area contributed by atoms with E-state index in [1.54, 1.807) is 0 Å². The molecule has 0 spiro atoms. The Morgan fingerprint density at radius 1 is 1.64 bits per heavy atom. The Hall–Kier alpha value is -0.890. The van der Waals surface area contributed by atoms with Crippen molar-refractivity contribution in [3.63, 3.8) is 0 Å². The second-order valence-electron chi connectivity index (χ2n) is 3.08. The van der Waals surface area contributed by atoms with Gasteiger partial charge in [0.15, 0.2) is 0 Å². The molecule has 1 N–H and O–H groups in total. The molecule has 0 aromatic carbocycles. The number of aliphatic hydroxyl groups is 1. The summed E-state index contributed by atoms with van der Waals surface area (Å²) in [5, 5.41) is 9.48. The van der Waals surface area contributed by atoms with Gasteiger partial charge in [-0.3, -0.25) is 4.98 Å². The highest BCUT2D eigenvalue weighted by atomic mass is 16.3. The Balaban J connectivity index is 2.52. The summed E-state index contributed by atoms with van der Waals surface area (Å²) in [5.74, 6) is 0. The maximum Gasteiger partial charge on any atom is 0.0797 e. The number of hydrogen-bond donors (Lipinski definition) is 1. The Morgan fingerprint density at radius 3 is 3.27 bits per heavy atom. The molecular weight excluding hydrogens is 138 g/mol. The van der Waals surface area contributed by atoms with Gasteiger partial charge in [-0.2, -0.15) is 0 Å². The Labute approximate surface area is 65.9 Å². The predicted octanol–water partition coefficient (Wildman–Crippen LogP) is 1.37. The Kier molecular flexibility index (Phi) is 1.43. The summed E-state index contributed by atoms with van der Waals surface area (Å²) in [4.78, 5) is 4.17. The Bertz CT molecular complexity index is 283. The smallest absolute Gasteiger partial charge is 0.0797 e. The van der Waals surface area contributed by atoms with Gasteiger partial charge in [0.25, 0.3) is 0 Å². The summed E-state index contributed by atoms with van der Waals surface area (Å²) < 4.78 is 0. The van der Waals surface area contributed by atoms with Crippen molar-refractivity contribution in [2.45, 2.75) is 25.9 Å². The topological polar surface area (TPSA) is 33.1 Å². The maximum atomic E-state index is 9.48. The monoisotopic (exact) mass is 149 g/mol. The van der Waals surface area contributed by atoms with E-state index in [9.17, 15) is 5.11 Å². The number of rotatable bonds is 0. The van der Waals surface area contributed by atoms with E-state index in [0.717, 1.165) is 24.1 Å². The molecule has 1 aromatic rings. The number of pyridine rings is 1. The maximum absolute atomic E-state index is 9.48. The summed E-state index contributed by atoms with van der Waals surface area (Å²) in [7, 11) is 0. The van der Waals surface area contributed by atoms with Crippen LogP contribution in [-0.2, 0) is 6.42 Å². The van der Waals surface area contributed by atoms with Crippen LogP contribution in [0.4, 0.5) is 0 Å². The minimum absolute atomic E-state index is 0.244. The molecule has 1 aliphatic rings. The molecule has 0 saturated carbocycles. The molecule has 1 aliphatic carbocycles. The van der Waals surface area contributed by atoms with E-state index in [1.165, 1.54) is 5.56 Å². The van der Waals surface area contributed by atoms with Gasteiger partial charge in [-0.05, 0) is 37.0 Å². The van der Waals surface area contributed by atoms with Crippen molar-refractivity contribution in [3.8, 4) is 0 Å². The molecular formula is C9H11NO. The van der Waals surface area contributed by atoms with Gasteiger partial charge in [0.1, 0.15) is 0 Å². The molecule has 1 unspecified atom stereocenters. The third-order valence-electron chi connectivity index (χ3n) is 2.21. The SMILES string of the molecule is Cc1cc2c(cn1)CCC2O. The zero-order valence-corrected chi connectivity index (χ0v) is 6.54. The highest BCUT2D eigenvalue weighted by molar-refractivity contribution is 5.32. The van der Waals surface area contributed by atoms with Crippen molar-refractivity contribution in [3.05, 3.63) is 29.1 Å². The zero-order chi connectivity index (χ0) is 7.84. The van der Waals surface area contributed by atoms with E-state index in [-0.39, 0.29) is 6.10 Å². The molecule has 2 heteroatoms. The molecule has 1 heterocycles. The molecule has 2 rings (SSSR count). The lowest BCUT2D eigenvalue weighted by Crippen LogP contribution is -1.92. The molecule has 0 radical (unpaired) electrons. The van der Waals surface area contributed by atoms with Crippen molar-refractivity contribution in [2.75, 3.05) is 0 Å². The number of aryl methyl sites for hydroxylation is 2. The van der Waals surface area contributed by atoms with Gasteiger partial charge in [-0.25, -0.2) is 0 Å². The fourth-order valence-electron chi connectivity index (χ4n) is 1.58. The fraction of sp³-hybridized carbons (Fsp3) is 0.444. The quantitative estimate of drug-likeness (QED) is 0.604. The molecule has 0 saturated heterocycles. The number of hydrogen-bond acceptors (Lipinski definition) is 2. The average Bonchev–Trinajstić information content (AvgIpc) is 2.33.